The standard InChI is InChI=1S/C12H14O5S/c1-17-12(16)4-5-18-7-11(15)8-2-3-9(13)10(14)6-8/h2-3,6,13-14H,4-5,7H2,1H3. The van der Waals surface area contributed by atoms with Crippen molar-refractivity contribution in [1.29, 1.82) is 0 Å². The third-order valence-electron chi connectivity index (χ3n) is 2.21. The van der Waals surface area contributed by atoms with Gasteiger partial charge in [-0.1, -0.05) is 0 Å². The van der Waals surface area contributed by atoms with Crippen molar-refractivity contribution >= 4 is 23.5 Å². The molecule has 0 aliphatic heterocycles. The third-order valence-corrected chi connectivity index (χ3v) is 3.17. The van der Waals surface area contributed by atoms with Crippen LogP contribution in [0.25, 0.3) is 0 Å². The minimum absolute atomic E-state index is 0.167. The van der Waals surface area contributed by atoms with Crippen LogP contribution in [0.3, 0.4) is 0 Å². The van der Waals surface area contributed by atoms with Crippen LogP contribution in [0.2, 0.25) is 0 Å². The van der Waals surface area contributed by atoms with Crippen molar-refractivity contribution < 1.29 is 24.5 Å². The molecule has 1 aromatic rings. The van der Waals surface area contributed by atoms with Crippen LogP contribution in [-0.4, -0.2) is 40.6 Å². The van der Waals surface area contributed by atoms with Crippen LogP contribution < -0.4 is 0 Å². The Labute approximate surface area is 109 Å². The van der Waals surface area contributed by atoms with Gasteiger partial charge in [-0.2, -0.15) is 11.8 Å². The van der Waals surface area contributed by atoms with Gasteiger partial charge in [0.25, 0.3) is 0 Å². The molecule has 98 valence electrons. The molecular formula is C12H14O5S. The van der Waals surface area contributed by atoms with E-state index in [-0.39, 0.29) is 35.4 Å². The van der Waals surface area contributed by atoms with E-state index in [4.69, 9.17) is 5.11 Å². The van der Waals surface area contributed by atoms with Gasteiger partial charge in [-0.25, -0.2) is 0 Å². The quantitative estimate of drug-likeness (QED) is 0.353. The molecular weight excluding hydrogens is 256 g/mol. The number of aromatic hydroxyl groups is 2. The summed E-state index contributed by atoms with van der Waals surface area (Å²) in [6.45, 7) is 0. The molecule has 0 unspecified atom stereocenters. The highest BCUT2D eigenvalue weighted by molar-refractivity contribution is 8.00. The molecule has 0 bridgehead atoms. The number of Topliss-reactive ketones (excluding diaryl/α,β-unsaturated/α-hetero) is 1. The zero-order valence-corrected chi connectivity index (χ0v) is 10.7. The van der Waals surface area contributed by atoms with Crippen molar-refractivity contribution in [1.82, 2.24) is 0 Å². The highest BCUT2D eigenvalue weighted by Crippen LogP contribution is 2.25. The number of phenolic OH excluding ortho intramolecular Hbond substituents is 2. The maximum Gasteiger partial charge on any atom is 0.306 e. The van der Waals surface area contributed by atoms with E-state index in [1.807, 2.05) is 0 Å². The third kappa shape index (κ3) is 4.29. The molecule has 0 atom stereocenters. The minimum Gasteiger partial charge on any atom is -0.504 e. The number of ketones is 1. The van der Waals surface area contributed by atoms with Crippen molar-refractivity contribution in [3.63, 3.8) is 0 Å². The van der Waals surface area contributed by atoms with Crippen molar-refractivity contribution in [3.8, 4) is 11.5 Å². The summed E-state index contributed by atoms with van der Waals surface area (Å²) in [4.78, 5) is 22.5. The lowest BCUT2D eigenvalue weighted by atomic mass is 10.1. The van der Waals surface area contributed by atoms with Crippen LogP contribution in [0.1, 0.15) is 16.8 Å². The number of thioether (sulfide) groups is 1. The number of phenols is 2. The van der Waals surface area contributed by atoms with E-state index in [0.717, 1.165) is 0 Å². The van der Waals surface area contributed by atoms with Gasteiger partial charge < -0.3 is 14.9 Å². The summed E-state index contributed by atoms with van der Waals surface area (Å²) in [5.41, 5.74) is 0.330. The number of esters is 1. The molecule has 6 heteroatoms. The first-order chi connectivity index (χ1) is 8.54. The normalized spacial score (nSPS) is 10.1. The van der Waals surface area contributed by atoms with E-state index < -0.39 is 0 Å². The van der Waals surface area contributed by atoms with Gasteiger partial charge in [0.1, 0.15) is 0 Å². The molecule has 0 aliphatic carbocycles. The molecule has 0 heterocycles. The van der Waals surface area contributed by atoms with Gasteiger partial charge in [0.15, 0.2) is 17.3 Å². The summed E-state index contributed by atoms with van der Waals surface area (Å²) in [7, 11) is 1.32. The predicted octanol–water partition coefficient (Wildman–Crippen LogP) is 1.58. The average Bonchev–Trinajstić information content (AvgIpc) is 2.37. The number of hydrogen-bond donors (Lipinski definition) is 2. The van der Waals surface area contributed by atoms with Crippen LogP contribution in [0.5, 0.6) is 11.5 Å². The van der Waals surface area contributed by atoms with E-state index in [1.54, 1.807) is 0 Å². The predicted molar refractivity (Wildman–Crippen MR) is 68.1 cm³/mol. The molecule has 0 fully saturated rings. The van der Waals surface area contributed by atoms with E-state index in [1.165, 1.54) is 37.1 Å². The molecule has 0 spiro atoms. The number of methoxy groups -OCH3 is 1. The summed E-state index contributed by atoms with van der Waals surface area (Å²) in [5, 5.41) is 18.4. The van der Waals surface area contributed by atoms with Gasteiger partial charge in [0, 0.05) is 11.3 Å². The number of ether oxygens (including phenoxy) is 1. The van der Waals surface area contributed by atoms with E-state index >= 15 is 0 Å². The van der Waals surface area contributed by atoms with Crippen LogP contribution in [0, 0.1) is 0 Å². The first-order valence-corrected chi connectivity index (χ1v) is 6.40. The molecule has 0 saturated carbocycles. The van der Waals surface area contributed by atoms with Crippen molar-refractivity contribution in [2.75, 3.05) is 18.6 Å². The molecule has 2 N–H and O–H groups in total. The second kappa shape index (κ2) is 6.90. The zero-order chi connectivity index (χ0) is 13.5. The van der Waals surface area contributed by atoms with E-state index in [9.17, 15) is 14.7 Å². The maximum atomic E-state index is 11.7. The fourth-order valence-electron chi connectivity index (χ4n) is 1.20. The molecule has 5 nitrogen and oxygen atoms in total. The molecule has 1 rings (SSSR count). The highest BCUT2D eigenvalue weighted by atomic mass is 32.2. The largest absolute Gasteiger partial charge is 0.504 e. The van der Waals surface area contributed by atoms with Crippen molar-refractivity contribution in [2.24, 2.45) is 0 Å². The molecule has 0 saturated heterocycles. The van der Waals surface area contributed by atoms with Gasteiger partial charge in [0.2, 0.25) is 0 Å². The smallest absolute Gasteiger partial charge is 0.306 e. The Morgan fingerprint density at radius 3 is 2.61 bits per heavy atom. The lowest BCUT2D eigenvalue weighted by Crippen LogP contribution is -2.05. The summed E-state index contributed by atoms with van der Waals surface area (Å²) in [5.74, 6) is -0.341. The Morgan fingerprint density at radius 1 is 1.28 bits per heavy atom. The monoisotopic (exact) mass is 270 g/mol. The summed E-state index contributed by atoms with van der Waals surface area (Å²) in [6, 6.07) is 3.93. The van der Waals surface area contributed by atoms with Gasteiger partial charge in [-0.3, -0.25) is 9.59 Å². The molecule has 18 heavy (non-hydrogen) atoms. The second-order valence-corrected chi connectivity index (χ2v) is 4.61. The second-order valence-electron chi connectivity index (χ2n) is 3.51. The molecule has 0 radical (unpaired) electrons. The summed E-state index contributed by atoms with van der Waals surface area (Å²) < 4.78 is 4.47. The Hall–Kier alpha value is -1.69. The van der Waals surface area contributed by atoms with E-state index in [2.05, 4.69) is 4.74 Å². The highest BCUT2D eigenvalue weighted by Gasteiger charge is 2.09. The molecule has 1 aromatic carbocycles. The molecule has 0 aliphatic rings. The first-order valence-electron chi connectivity index (χ1n) is 5.24. The average molecular weight is 270 g/mol. The Morgan fingerprint density at radius 2 is 2.00 bits per heavy atom. The van der Waals surface area contributed by atoms with Crippen LogP contribution in [0.15, 0.2) is 18.2 Å². The van der Waals surface area contributed by atoms with Gasteiger partial charge in [-0.05, 0) is 18.2 Å². The Kier molecular flexibility index (Phi) is 5.51. The number of rotatable bonds is 6. The van der Waals surface area contributed by atoms with Crippen LogP contribution in [0.4, 0.5) is 0 Å². The van der Waals surface area contributed by atoms with Crippen molar-refractivity contribution in [2.45, 2.75) is 6.42 Å². The van der Waals surface area contributed by atoms with Gasteiger partial charge in [0.05, 0.1) is 19.3 Å². The Bertz CT molecular complexity index is 444. The summed E-state index contributed by atoms with van der Waals surface area (Å²) in [6.07, 6.45) is 0.259. The fraction of sp³-hybridized carbons (Fsp3) is 0.333. The number of carbonyl (C=O) groups is 2. The van der Waals surface area contributed by atoms with Gasteiger partial charge >= 0.3 is 5.97 Å². The van der Waals surface area contributed by atoms with Crippen LogP contribution in [-0.2, 0) is 9.53 Å². The maximum absolute atomic E-state index is 11.7. The topological polar surface area (TPSA) is 83.8 Å². The van der Waals surface area contributed by atoms with Crippen molar-refractivity contribution in [3.05, 3.63) is 23.8 Å². The molecule has 0 amide bonds. The number of hydrogen-bond acceptors (Lipinski definition) is 6. The summed E-state index contributed by atoms with van der Waals surface area (Å²) >= 11 is 1.32. The first kappa shape index (κ1) is 14.4. The SMILES string of the molecule is COC(=O)CCSCC(=O)c1ccc(O)c(O)c1. The number of benzene rings is 1. The zero-order valence-electron chi connectivity index (χ0n) is 9.88. The van der Waals surface area contributed by atoms with E-state index in [0.29, 0.717) is 11.3 Å². The molecule has 0 aromatic heterocycles. The minimum atomic E-state index is -0.319. The van der Waals surface area contributed by atoms with Crippen LogP contribution >= 0.6 is 11.8 Å². The lowest BCUT2D eigenvalue weighted by molar-refractivity contribution is -0.140. The van der Waals surface area contributed by atoms with Gasteiger partial charge in [-0.15, -0.1) is 0 Å². The number of carbonyl (C=O) groups excluding carboxylic acids is 2. The lowest BCUT2D eigenvalue weighted by Gasteiger charge is -2.03. The fourth-order valence-corrected chi connectivity index (χ4v) is 2.01. The Balaban J connectivity index is 2.41.